The first-order valence-corrected chi connectivity index (χ1v) is 6.33. The lowest BCUT2D eigenvalue weighted by Gasteiger charge is -2.07. The molecular weight excluding hydrogens is 386 g/mol. The molecule has 0 fully saturated rings. The van der Waals surface area contributed by atoms with E-state index in [0.29, 0.717) is 10.8 Å². The number of hydrogen-bond donors (Lipinski definition) is 2. The summed E-state index contributed by atoms with van der Waals surface area (Å²) in [5.41, 5.74) is 7.26. The first-order chi connectivity index (χ1) is 8.04. The monoisotopic (exact) mass is 396 g/mol. The number of nitrogens with zero attached hydrogens (tertiary/aromatic N) is 2. The van der Waals surface area contributed by atoms with Crippen molar-refractivity contribution in [1.29, 1.82) is 0 Å². The number of nitrogen functional groups attached to an aromatic ring is 1. The highest BCUT2D eigenvalue weighted by Crippen LogP contribution is 2.24. The van der Waals surface area contributed by atoms with Crippen molar-refractivity contribution in [3.8, 4) is 0 Å². The standard InChI is InChI=1S/C11H10ClIN4.ClH/c1-6-4-10(17-11(14)15-6)16-7-2-3-9(13)8(12)5-7;/h2-5H,1H3,(H3,14,15,16,17);1H. The molecule has 4 nitrogen and oxygen atoms in total. The molecule has 7 heteroatoms. The highest BCUT2D eigenvalue weighted by Gasteiger charge is 2.02. The van der Waals surface area contributed by atoms with Crippen LogP contribution in [0.15, 0.2) is 24.3 Å². The number of nitrogens with two attached hydrogens (primary N) is 1. The molecule has 0 unspecified atom stereocenters. The molecule has 2 rings (SSSR count). The Labute approximate surface area is 130 Å². The van der Waals surface area contributed by atoms with E-state index in [2.05, 4.69) is 37.9 Å². The fourth-order valence-corrected chi connectivity index (χ4v) is 1.89. The molecule has 0 bridgehead atoms. The Morgan fingerprint density at radius 3 is 2.61 bits per heavy atom. The minimum absolute atomic E-state index is 0. The van der Waals surface area contributed by atoms with Crippen LogP contribution in [0.3, 0.4) is 0 Å². The van der Waals surface area contributed by atoms with E-state index in [1.807, 2.05) is 31.2 Å². The zero-order chi connectivity index (χ0) is 12.4. The third-order valence-electron chi connectivity index (χ3n) is 2.06. The average molecular weight is 397 g/mol. The van der Waals surface area contributed by atoms with Gasteiger partial charge in [0.2, 0.25) is 5.95 Å². The maximum Gasteiger partial charge on any atom is 0.222 e. The predicted molar refractivity (Wildman–Crippen MR) is 85.9 cm³/mol. The molecule has 1 aromatic carbocycles. The minimum Gasteiger partial charge on any atom is -0.368 e. The summed E-state index contributed by atoms with van der Waals surface area (Å²) >= 11 is 8.21. The second-order valence-electron chi connectivity index (χ2n) is 3.51. The number of halogens is 3. The summed E-state index contributed by atoms with van der Waals surface area (Å²) in [5.74, 6) is 0.913. The van der Waals surface area contributed by atoms with E-state index in [9.17, 15) is 0 Å². The van der Waals surface area contributed by atoms with Gasteiger partial charge in [-0.25, -0.2) is 4.98 Å². The van der Waals surface area contributed by atoms with Crippen molar-refractivity contribution in [3.05, 3.63) is 38.6 Å². The van der Waals surface area contributed by atoms with Gasteiger partial charge < -0.3 is 11.1 Å². The van der Waals surface area contributed by atoms with Crippen molar-refractivity contribution in [2.45, 2.75) is 6.92 Å². The van der Waals surface area contributed by atoms with Crippen LogP contribution in [0.1, 0.15) is 5.69 Å². The molecule has 0 amide bonds. The molecule has 0 aliphatic carbocycles. The van der Waals surface area contributed by atoms with E-state index in [4.69, 9.17) is 17.3 Å². The molecule has 0 saturated carbocycles. The number of anilines is 3. The summed E-state index contributed by atoms with van der Waals surface area (Å²) in [6.07, 6.45) is 0. The summed E-state index contributed by atoms with van der Waals surface area (Å²) in [4.78, 5) is 8.10. The summed E-state index contributed by atoms with van der Waals surface area (Å²) in [6.45, 7) is 1.87. The normalized spacial score (nSPS) is 9.72. The molecular formula is C11H11Cl2IN4. The van der Waals surface area contributed by atoms with Gasteiger partial charge >= 0.3 is 0 Å². The van der Waals surface area contributed by atoms with Crippen molar-refractivity contribution < 1.29 is 0 Å². The number of benzene rings is 1. The lowest BCUT2D eigenvalue weighted by Crippen LogP contribution is -2.01. The van der Waals surface area contributed by atoms with Crippen LogP contribution < -0.4 is 11.1 Å². The van der Waals surface area contributed by atoms with Gasteiger partial charge in [0.25, 0.3) is 0 Å². The number of aryl methyl sites for hydroxylation is 1. The number of hydrogen-bond acceptors (Lipinski definition) is 4. The molecule has 0 aliphatic heterocycles. The van der Waals surface area contributed by atoms with Crippen LogP contribution in [0.2, 0.25) is 5.02 Å². The van der Waals surface area contributed by atoms with Crippen molar-refractivity contribution in [2.24, 2.45) is 0 Å². The topological polar surface area (TPSA) is 63.8 Å². The molecule has 96 valence electrons. The van der Waals surface area contributed by atoms with Gasteiger partial charge in [-0.3, -0.25) is 0 Å². The number of nitrogens with one attached hydrogen (secondary N) is 1. The van der Waals surface area contributed by atoms with Crippen LogP contribution >= 0.6 is 46.6 Å². The van der Waals surface area contributed by atoms with E-state index in [1.165, 1.54) is 0 Å². The summed E-state index contributed by atoms with van der Waals surface area (Å²) in [6, 6.07) is 7.53. The van der Waals surface area contributed by atoms with Crippen molar-refractivity contribution in [2.75, 3.05) is 11.1 Å². The molecule has 0 spiro atoms. The van der Waals surface area contributed by atoms with E-state index in [-0.39, 0.29) is 18.4 Å². The molecule has 2 aromatic rings. The zero-order valence-corrected chi connectivity index (χ0v) is 13.2. The fraction of sp³-hybridized carbons (Fsp3) is 0.0909. The molecule has 3 N–H and O–H groups in total. The highest BCUT2D eigenvalue weighted by atomic mass is 127. The summed E-state index contributed by atoms with van der Waals surface area (Å²) in [5, 5.41) is 3.84. The molecule has 1 heterocycles. The Balaban J connectivity index is 0.00000162. The van der Waals surface area contributed by atoms with E-state index >= 15 is 0 Å². The van der Waals surface area contributed by atoms with Crippen molar-refractivity contribution >= 4 is 64.1 Å². The van der Waals surface area contributed by atoms with Gasteiger partial charge in [0.15, 0.2) is 0 Å². The number of rotatable bonds is 2. The third kappa shape index (κ3) is 3.86. The van der Waals surface area contributed by atoms with Gasteiger partial charge in [0, 0.05) is 21.0 Å². The van der Waals surface area contributed by atoms with E-state index < -0.39 is 0 Å². The Kier molecular flexibility index (Phi) is 5.43. The van der Waals surface area contributed by atoms with Crippen molar-refractivity contribution in [3.63, 3.8) is 0 Å². The first-order valence-electron chi connectivity index (χ1n) is 4.88. The SMILES string of the molecule is Cc1cc(Nc2ccc(I)c(Cl)c2)nc(N)n1.Cl. The maximum atomic E-state index is 6.04. The van der Waals surface area contributed by atoms with Crippen LogP contribution in [-0.2, 0) is 0 Å². The quantitative estimate of drug-likeness (QED) is 0.758. The van der Waals surface area contributed by atoms with E-state index in [1.54, 1.807) is 0 Å². The molecule has 0 atom stereocenters. The molecule has 18 heavy (non-hydrogen) atoms. The van der Waals surface area contributed by atoms with Crippen LogP contribution in [-0.4, -0.2) is 9.97 Å². The van der Waals surface area contributed by atoms with Crippen LogP contribution in [0.5, 0.6) is 0 Å². The highest BCUT2D eigenvalue weighted by molar-refractivity contribution is 14.1. The fourth-order valence-electron chi connectivity index (χ4n) is 1.38. The van der Waals surface area contributed by atoms with Gasteiger partial charge in [-0.2, -0.15) is 4.98 Å². The van der Waals surface area contributed by atoms with Gasteiger partial charge in [-0.1, -0.05) is 11.6 Å². The molecule has 0 saturated heterocycles. The van der Waals surface area contributed by atoms with Gasteiger partial charge in [0.1, 0.15) is 5.82 Å². The molecule has 0 radical (unpaired) electrons. The predicted octanol–water partition coefficient (Wildman–Crippen LogP) is 3.79. The largest absolute Gasteiger partial charge is 0.368 e. The average Bonchev–Trinajstić information content (AvgIpc) is 2.22. The number of aromatic nitrogens is 2. The van der Waals surface area contributed by atoms with Crippen LogP contribution in [0, 0.1) is 10.5 Å². The van der Waals surface area contributed by atoms with Crippen LogP contribution in [0.25, 0.3) is 0 Å². The van der Waals surface area contributed by atoms with Gasteiger partial charge in [-0.05, 0) is 47.7 Å². The van der Waals surface area contributed by atoms with Gasteiger partial charge in [-0.15, -0.1) is 12.4 Å². The lowest BCUT2D eigenvalue weighted by molar-refractivity contribution is 1.12. The molecule has 1 aromatic heterocycles. The smallest absolute Gasteiger partial charge is 0.222 e. The Morgan fingerprint density at radius 1 is 1.28 bits per heavy atom. The first kappa shape index (κ1) is 15.3. The third-order valence-corrected chi connectivity index (χ3v) is 3.64. The maximum absolute atomic E-state index is 6.04. The second kappa shape index (κ2) is 6.40. The van der Waals surface area contributed by atoms with Crippen LogP contribution in [0.4, 0.5) is 17.5 Å². The molecule has 0 aliphatic rings. The zero-order valence-electron chi connectivity index (χ0n) is 9.45. The van der Waals surface area contributed by atoms with Crippen molar-refractivity contribution in [1.82, 2.24) is 9.97 Å². The lowest BCUT2D eigenvalue weighted by atomic mass is 10.3. The van der Waals surface area contributed by atoms with Gasteiger partial charge in [0.05, 0.1) is 5.02 Å². The Bertz CT molecular complexity index is 542. The minimum atomic E-state index is 0. The second-order valence-corrected chi connectivity index (χ2v) is 5.08. The Morgan fingerprint density at radius 2 is 2.00 bits per heavy atom. The Hall–Kier alpha value is -0.790. The summed E-state index contributed by atoms with van der Waals surface area (Å²) in [7, 11) is 0. The van der Waals surface area contributed by atoms with E-state index in [0.717, 1.165) is 15.0 Å². The summed E-state index contributed by atoms with van der Waals surface area (Å²) < 4.78 is 1.01.